The summed E-state index contributed by atoms with van der Waals surface area (Å²) in [4.78, 5) is 41.6. The summed E-state index contributed by atoms with van der Waals surface area (Å²) in [6.45, 7) is -0.543. The number of benzene rings is 4. The van der Waals surface area contributed by atoms with Gasteiger partial charge >= 0.3 is 0 Å². The maximum absolute atomic E-state index is 13.2. The molecule has 0 saturated carbocycles. The van der Waals surface area contributed by atoms with Crippen LogP contribution in [0.1, 0.15) is 42.9 Å². The van der Waals surface area contributed by atoms with Gasteiger partial charge in [-0.25, -0.2) is 0 Å². The molecule has 3 amide bonds. The number of hydrogen-bond donors (Lipinski definition) is 2. The fourth-order valence-electron chi connectivity index (χ4n) is 5.12. The number of β-amino-alcohol motifs (C(OH)–C–C–N with tert-alkyl or cyclic N) is 1. The number of aliphatic hydroxyl groups excluding tert-OH is 2. The summed E-state index contributed by atoms with van der Waals surface area (Å²) in [5.41, 5.74) is 1.81. The van der Waals surface area contributed by atoms with Crippen molar-refractivity contribution in [1.29, 1.82) is 0 Å². The van der Waals surface area contributed by atoms with E-state index in [-0.39, 0.29) is 13.1 Å². The van der Waals surface area contributed by atoms with Crippen molar-refractivity contribution in [2.24, 2.45) is 0 Å². The number of amides is 3. The van der Waals surface area contributed by atoms with Gasteiger partial charge < -0.3 is 15.1 Å². The maximum atomic E-state index is 13.2. The molecule has 2 unspecified atom stereocenters. The van der Waals surface area contributed by atoms with Crippen LogP contribution >= 0.6 is 0 Å². The largest absolute Gasteiger partial charge is 0.389 e. The SMILES string of the molecule is O=C1c2cccc3cccc(c23)C(=O)N1CC(O)CN1C(=O)c2cccc3cccc(c23)C1O. The van der Waals surface area contributed by atoms with Crippen molar-refractivity contribution in [3.05, 3.63) is 95.1 Å². The van der Waals surface area contributed by atoms with Crippen LogP contribution in [-0.2, 0) is 0 Å². The van der Waals surface area contributed by atoms with E-state index < -0.39 is 30.1 Å². The van der Waals surface area contributed by atoms with Crippen molar-refractivity contribution in [2.45, 2.75) is 12.3 Å². The number of rotatable bonds is 4. The number of imide groups is 1. The lowest BCUT2D eigenvalue weighted by Crippen LogP contribution is -2.49. The third-order valence-electron chi connectivity index (χ3n) is 6.66. The van der Waals surface area contributed by atoms with Crippen LogP contribution in [0.3, 0.4) is 0 Å². The first kappa shape index (κ1) is 20.5. The second kappa shape index (κ2) is 7.48. The topological polar surface area (TPSA) is 98.2 Å². The Labute approximate surface area is 194 Å². The van der Waals surface area contributed by atoms with E-state index in [0.717, 1.165) is 15.7 Å². The molecule has 4 aromatic rings. The van der Waals surface area contributed by atoms with Crippen molar-refractivity contribution in [3.63, 3.8) is 0 Å². The lowest BCUT2D eigenvalue weighted by molar-refractivity contribution is -0.0181. The first-order chi connectivity index (χ1) is 16.5. The van der Waals surface area contributed by atoms with Gasteiger partial charge in [0.2, 0.25) is 0 Å². The van der Waals surface area contributed by atoms with E-state index in [2.05, 4.69) is 0 Å². The fourth-order valence-corrected chi connectivity index (χ4v) is 5.12. The molecule has 0 bridgehead atoms. The summed E-state index contributed by atoms with van der Waals surface area (Å²) in [6.07, 6.45) is -2.50. The average Bonchev–Trinajstić information content (AvgIpc) is 2.86. The van der Waals surface area contributed by atoms with Crippen LogP contribution < -0.4 is 0 Å². The summed E-state index contributed by atoms with van der Waals surface area (Å²) >= 11 is 0. The second-order valence-corrected chi connectivity index (χ2v) is 8.67. The first-order valence-corrected chi connectivity index (χ1v) is 11.0. The van der Waals surface area contributed by atoms with Gasteiger partial charge in [0.25, 0.3) is 17.7 Å². The summed E-state index contributed by atoms with van der Waals surface area (Å²) in [5.74, 6) is -1.40. The van der Waals surface area contributed by atoms with Gasteiger partial charge in [-0.05, 0) is 29.0 Å². The molecule has 2 atom stereocenters. The van der Waals surface area contributed by atoms with E-state index in [1.54, 1.807) is 48.5 Å². The monoisotopic (exact) mass is 452 g/mol. The Morgan fingerprint density at radius 1 is 0.676 bits per heavy atom. The Morgan fingerprint density at radius 3 is 1.76 bits per heavy atom. The van der Waals surface area contributed by atoms with Crippen LogP contribution in [0.25, 0.3) is 21.5 Å². The summed E-state index contributed by atoms with van der Waals surface area (Å²) < 4.78 is 0. The van der Waals surface area contributed by atoms with Gasteiger partial charge in [-0.1, -0.05) is 54.6 Å². The van der Waals surface area contributed by atoms with Gasteiger partial charge in [-0.2, -0.15) is 0 Å². The molecule has 2 heterocycles. The van der Waals surface area contributed by atoms with Crippen LogP contribution in [0.4, 0.5) is 0 Å². The maximum Gasteiger partial charge on any atom is 0.261 e. The zero-order valence-corrected chi connectivity index (χ0v) is 18.0. The zero-order valence-electron chi connectivity index (χ0n) is 18.0. The van der Waals surface area contributed by atoms with Crippen molar-refractivity contribution < 1.29 is 24.6 Å². The number of nitrogens with zero attached hydrogens (tertiary/aromatic N) is 2. The number of aliphatic hydroxyl groups is 2. The average molecular weight is 452 g/mol. The quantitative estimate of drug-likeness (QED) is 0.464. The van der Waals surface area contributed by atoms with E-state index in [4.69, 9.17) is 0 Å². The standard InChI is InChI=1S/C27H20N2O5/c30-17(13-28-24(31)18-9-1-5-15-6-2-10-19(22(15)18)25(28)32)14-29-26(33)20-11-3-7-16-8-4-12-21(23(16)20)27(29)34/h1-12,17,24,30-31H,13-14H2. The Morgan fingerprint density at radius 2 is 1.18 bits per heavy atom. The van der Waals surface area contributed by atoms with E-state index in [1.165, 1.54) is 4.90 Å². The highest BCUT2D eigenvalue weighted by molar-refractivity contribution is 6.25. The highest BCUT2D eigenvalue weighted by atomic mass is 16.3. The smallest absolute Gasteiger partial charge is 0.261 e. The molecule has 7 nitrogen and oxygen atoms in total. The second-order valence-electron chi connectivity index (χ2n) is 8.67. The molecule has 4 aromatic carbocycles. The van der Waals surface area contributed by atoms with E-state index in [1.807, 2.05) is 24.3 Å². The predicted molar refractivity (Wildman–Crippen MR) is 125 cm³/mol. The molecule has 0 fully saturated rings. The van der Waals surface area contributed by atoms with Crippen LogP contribution in [0.15, 0.2) is 72.8 Å². The van der Waals surface area contributed by atoms with Gasteiger partial charge in [0.05, 0.1) is 19.2 Å². The lowest BCUT2D eigenvalue weighted by Gasteiger charge is -2.36. The van der Waals surface area contributed by atoms with E-state index in [0.29, 0.717) is 33.0 Å². The minimum absolute atomic E-state index is 0.242. The van der Waals surface area contributed by atoms with Crippen molar-refractivity contribution in [2.75, 3.05) is 13.1 Å². The van der Waals surface area contributed by atoms with Gasteiger partial charge in [0.15, 0.2) is 6.23 Å². The molecule has 6 rings (SSSR count). The molecule has 0 aromatic heterocycles. The molecule has 0 radical (unpaired) electrons. The number of carbonyl (C=O) groups excluding carboxylic acids is 3. The Balaban J connectivity index is 1.28. The Bertz CT molecular complexity index is 1470. The molecule has 7 heteroatoms. The molecule has 2 aliphatic heterocycles. The third-order valence-corrected chi connectivity index (χ3v) is 6.66. The normalized spacial score (nSPS) is 18.2. The summed E-state index contributed by atoms with van der Waals surface area (Å²) in [6, 6.07) is 21.3. The fraction of sp³-hybridized carbons (Fsp3) is 0.148. The predicted octanol–water partition coefficient (Wildman–Crippen LogP) is 3.10. The molecule has 168 valence electrons. The molecule has 0 spiro atoms. The minimum atomic E-state index is -1.25. The van der Waals surface area contributed by atoms with Gasteiger partial charge in [-0.3, -0.25) is 19.3 Å². The van der Waals surface area contributed by atoms with Crippen LogP contribution in [-0.4, -0.2) is 56.9 Å². The Hall–Kier alpha value is -4.07. The van der Waals surface area contributed by atoms with Crippen molar-refractivity contribution >= 4 is 39.3 Å². The molecule has 2 N–H and O–H groups in total. The summed E-state index contributed by atoms with van der Waals surface area (Å²) in [5, 5.41) is 24.7. The van der Waals surface area contributed by atoms with Crippen LogP contribution in [0, 0.1) is 0 Å². The molecule has 0 saturated heterocycles. The van der Waals surface area contributed by atoms with Crippen molar-refractivity contribution in [1.82, 2.24) is 9.80 Å². The molecule has 2 aliphatic rings. The Kier molecular flexibility index (Phi) is 4.52. The van der Waals surface area contributed by atoms with Gasteiger partial charge in [-0.15, -0.1) is 0 Å². The van der Waals surface area contributed by atoms with Crippen LogP contribution in [0.5, 0.6) is 0 Å². The van der Waals surface area contributed by atoms with Gasteiger partial charge in [0, 0.05) is 33.0 Å². The van der Waals surface area contributed by atoms with Crippen molar-refractivity contribution in [3.8, 4) is 0 Å². The third kappa shape index (κ3) is 2.88. The zero-order chi connectivity index (χ0) is 23.6. The number of hydrogen-bond acceptors (Lipinski definition) is 5. The van der Waals surface area contributed by atoms with E-state index >= 15 is 0 Å². The minimum Gasteiger partial charge on any atom is -0.389 e. The first-order valence-electron chi connectivity index (χ1n) is 11.0. The molecule has 0 aliphatic carbocycles. The highest BCUT2D eigenvalue weighted by Crippen LogP contribution is 2.36. The highest BCUT2D eigenvalue weighted by Gasteiger charge is 2.37. The van der Waals surface area contributed by atoms with E-state index in [9.17, 15) is 24.6 Å². The van der Waals surface area contributed by atoms with Gasteiger partial charge in [0.1, 0.15) is 0 Å². The number of carbonyl (C=O) groups is 3. The molecule has 34 heavy (non-hydrogen) atoms. The molecular weight excluding hydrogens is 432 g/mol. The lowest BCUT2D eigenvalue weighted by atomic mass is 9.93. The summed E-state index contributed by atoms with van der Waals surface area (Å²) in [7, 11) is 0. The van der Waals surface area contributed by atoms with Crippen LogP contribution in [0.2, 0.25) is 0 Å². The molecular formula is C27H20N2O5.